The average molecular weight is 296 g/mol. The number of aryl methyl sites for hydroxylation is 1. The molecule has 110 valence electrons. The molecule has 0 aliphatic carbocycles. The molecular weight excluding hydrogens is 276 g/mol. The second-order valence-corrected chi connectivity index (χ2v) is 5.55. The number of benzene rings is 1. The van der Waals surface area contributed by atoms with Gasteiger partial charge in [-0.05, 0) is 26.0 Å². The fourth-order valence-corrected chi connectivity index (χ4v) is 2.03. The fourth-order valence-electron chi connectivity index (χ4n) is 1.38. The first-order valence-electron chi connectivity index (χ1n) is 6.36. The Bertz CT molecular complexity index is 446. The van der Waals surface area contributed by atoms with Crippen molar-refractivity contribution < 1.29 is 14.7 Å². The Morgan fingerprint density at radius 3 is 2.40 bits per heavy atom. The number of aliphatic hydroxyl groups is 1. The molecule has 0 spiro atoms. The highest BCUT2D eigenvalue weighted by Crippen LogP contribution is 2.09. The minimum atomic E-state index is -0.561. The monoisotopic (exact) mass is 296 g/mol. The van der Waals surface area contributed by atoms with E-state index in [-0.39, 0.29) is 29.9 Å². The number of aliphatic hydroxyl groups excluding tert-OH is 1. The Kier molecular flexibility index (Phi) is 7.11. The molecule has 0 radical (unpaired) electrons. The van der Waals surface area contributed by atoms with Gasteiger partial charge in [0.15, 0.2) is 0 Å². The molecule has 5 nitrogen and oxygen atoms in total. The van der Waals surface area contributed by atoms with Crippen LogP contribution in [0.4, 0.5) is 5.69 Å². The number of nitrogens with one attached hydrogen (secondary N) is 2. The van der Waals surface area contributed by atoms with Crippen LogP contribution in [-0.4, -0.2) is 41.1 Å². The van der Waals surface area contributed by atoms with Gasteiger partial charge in [-0.15, -0.1) is 11.8 Å². The minimum Gasteiger partial charge on any atom is -0.392 e. The van der Waals surface area contributed by atoms with E-state index in [0.717, 1.165) is 11.3 Å². The van der Waals surface area contributed by atoms with Crippen LogP contribution in [0.3, 0.4) is 0 Å². The van der Waals surface area contributed by atoms with Gasteiger partial charge in [-0.1, -0.05) is 17.7 Å². The van der Waals surface area contributed by atoms with E-state index in [4.69, 9.17) is 5.11 Å². The van der Waals surface area contributed by atoms with Gasteiger partial charge < -0.3 is 15.7 Å². The molecule has 0 aliphatic rings. The van der Waals surface area contributed by atoms with Crippen molar-refractivity contribution in [3.63, 3.8) is 0 Å². The summed E-state index contributed by atoms with van der Waals surface area (Å²) in [5.41, 5.74) is 1.88. The molecule has 0 saturated heterocycles. The fraction of sp³-hybridized carbons (Fsp3) is 0.429. The summed E-state index contributed by atoms with van der Waals surface area (Å²) in [6.07, 6.45) is -0.561. The maximum absolute atomic E-state index is 11.6. The quantitative estimate of drug-likeness (QED) is 0.705. The zero-order valence-electron chi connectivity index (χ0n) is 11.7. The van der Waals surface area contributed by atoms with Crippen LogP contribution in [0.25, 0.3) is 0 Å². The first-order valence-corrected chi connectivity index (χ1v) is 7.52. The summed E-state index contributed by atoms with van der Waals surface area (Å²) >= 11 is 1.24. The Balaban J connectivity index is 2.20. The molecule has 1 aromatic rings. The van der Waals surface area contributed by atoms with E-state index in [2.05, 4.69) is 10.6 Å². The SMILES string of the molecule is Cc1ccc(NC(=O)CSCC(=O)NCC(C)O)cc1. The third-order valence-corrected chi connectivity index (χ3v) is 3.33. The number of hydrogen-bond donors (Lipinski definition) is 3. The predicted octanol–water partition coefficient (Wildman–Crippen LogP) is 1.16. The number of carbonyl (C=O) groups is 2. The summed E-state index contributed by atoms with van der Waals surface area (Å²) in [5, 5.41) is 14.3. The summed E-state index contributed by atoms with van der Waals surface area (Å²) in [5.74, 6) is 0.102. The normalized spacial score (nSPS) is 11.8. The van der Waals surface area contributed by atoms with Crippen LogP contribution in [0, 0.1) is 6.92 Å². The van der Waals surface area contributed by atoms with Gasteiger partial charge in [0.25, 0.3) is 0 Å². The van der Waals surface area contributed by atoms with Crippen molar-refractivity contribution in [2.24, 2.45) is 0 Å². The lowest BCUT2D eigenvalue weighted by Crippen LogP contribution is -2.32. The smallest absolute Gasteiger partial charge is 0.234 e. The lowest BCUT2D eigenvalue weighted by molar-refractivity contribution is -0.119. The molecule has 0 aromatic heterocycles. The van der Waals surface area contributed by atoms with Crippen molar-refractivity contribution >= 4 is 29.3 Å². The molecule has 1 atom stereocenters. The Hall–Kier alpha value is -1.53. The summed E-state index contributed by atoms with van der Waals surface area (Å²) in [6, 6.07) is 7.53. The average Bonchev–Trinajstić information content (AvgIpc) is 2.39. The van der Waals surface area contributed by atoms with Crippen LogP contribution in [0.1, 0.15) is 12.5 Å². The van der Waals surface area contributed by atoms with Gasteiger partial charge in [0.2, 0.25) is 11.8 Å². The second-order valence-electron chi connectivity index (χ2n) is 4.56. The zero-order valence-corrected chi connectivity index (χ0v) is 12.5. The van der Waals surface area contributed by atoms with Crippen molar-refractivity contribution in [2.75, 3.05) is 23.4 Å². The van der Waals surface area contributed by atoms with Crippen LogP contribution in [0.5, 0.6) is 0 Å². The van der Waals surface area contributed by atoms with Gasteiger partial charge >= 0.3 is 0 Å². The molecule has 20 heavy (non-hydrogen) atoms. The van der Waals surface area contributed by atoms with Crippen molar-refractivity contribution in [1.29, 1.82) is 0 Å². The summed E-state index contributed by atoms with van der Waals surface area (Å²) in [7, 11) is 0. The van der Waals surface area contributed by atoms with Crippen molar-refractivity contribution in [3.8, 4) is 0 Å². The number of rotatable bonds is 7. The van der Waals surface area contributed by atoms with Gasteiger partial charge in [0, 0.05) is 12.2 Å². The van der Waals surface area contributed by atoms with Crippen LogP contribution >= 0.6 is 11.8 Å². The van der Waals surface area contributed by atoms with E-state index in [1.807, 2.05) is 31.2 Å². The van der Waals surface area contributed by atoms with Crippen LogP contribution in [0.15, 0.2) is 24.3 Å². The Morgan fingerprint density at radius 2 is 1.80 bits per heavy atom. The van der Waals surface area contributed by atoms with Crippen LogP contribution in [0.2, 0.25) is 0 Å². The number of anilines is 1. The number of hydrogen-bond acceptors (Lipinski definition) is 4. The van der Waals surface area contributed by atoms with Crippen LogP contribution < -0.4 is 10.6 Å². The molecule has 6 heteroatoms. The van der Waals surface area contributed by atoms with E-state index in [9.17, 15) is 9.59 Å². The summed E-state index contributed by atoms with van der Waals surface area (Å²) < 4.78 is 0. The number of thioether (sulfide) groups is 1. The van der Waals surface area contributed by atoms with Gasteiger partial charge in [0.1, 0.15) is 0 Å². The van der Waals surface area contributed by atoms with Gasteiger partial charge in [-0.3, -0.25) is 9.59 Å². The standard InChI is InChI=1S/C14H20N2O3S/c1-10-3-5-12(6-4-10)16-14(19)9-20-8-13(18)15-7-11(2)17/h3-6,11,17H,7-9H2,1-2H3,(H,15,18)(H,16,19). The molecule has 0 bridgehead atoms. The van der Waals surface area contributed by atoms with Gasteiger partial charge in [-0.2, -0.15) is 0 Å². The third kappa shape index (κ3) is 7.16. The van der Waals surface area contributed by atoms with E-state index in [1.165, 1.54) is 11.8 Å². The second kappa shape index (κ2) is 8.60. The Morgan fingerprint density at radius 1 is 1.20 bits per heavy atom. The maximum atomic E-state index is 11.6. The Labute approximate surface area is 123 Å². The molecule has 1 aromatic carbocycles. The summed E-state index contributed by atoms with van der Waals surface area (Å²) in [6.45, 7) is 3.81. The highest BCUT2D eigenvalue weighted by atomic mass is 32.2. The molecular formula is C14H20N2O3S. The lowest BCUT2D eigenvalue weighted by atomic mass is 10.2. The highest BCUT2D eigenvalue weighted by Gasteiger charge is 2.06. The molecule has 0 fully saturated rings. The molecule has 0 aliphatic heterocycles. The van der Waals surface area contributed by atoms with Gasteiger partial charge in [-0.25, -0.2) is 0 Å². The molecule has 1 unspecified atom stereocenters. The molecule has 0 heterocycles. The molecule has 2 amide bonds. The van der Waals surface area contributed by atoms with Crippen LogP contribution in [-0.2, 0) is 9.59 Å². The first-order chi connectivity index (χ1) is 9.47. The van der Waals surface area contributed by atoms with E-state index >= 15 is 0 Å². The topological polar surface area (TPSA) is 78.4 Å². The number of amides is 2. The molecule has 3 N–H and O–H groups in total. The van der Waals surface area contributed by atoms with Crippen molar-refractivity contribution in [1.82, 2.24) is 5.32 Å². The van der Waals surface area contributed by atoms with E-state index in [1.54, 1.807) is 6.92 Å². The summed E-state index contributed by atoms with van der Waals surface area (Å²) in [4.78, 5) is 23.0. The van der Waals surface area contributed by atoms with E-state index in [0.29, 0.717) is 0 Å². The predicted molar refractivity (Wildman–Crippen MR) is 81.8 cm³/mol. The van der Waals surface area contributed by atoms with Crippen molar-refractivity contribution in [2.45, 2.75) is 20.0 Å². The highest BCUT2D eigenvalue weighted by molar-refractivity contribution is 8.00. The molecule has 1 rings (SSSR count). The number of carbonyl (C=O) groups excluding carboxylic acids is 2. The largest absolute Gasteiger partial charge is 0.392 e. The lowest BCUT2D eigenvalue weighted by Gasteiger charge is -2.07. The van der Waals surface area contributed by atoms with Gasteiger partial charge in [0.05, 0.1) is 17.6 Å². The zero-order chi connectivity index (χ0) is 15.0. The molecule has 0 saturated carbocycles. The minimum absolute atomic E-state index is 0.137. The third-order valence-electron chi connectivity index (χ3n) is 2.40. The van der Waals surface area contributed by atoms with E-state index < -0.39 is 6.10 Å². The first kappa shape index (κ1) is 16.5. The maximum Gasteiger partial charge on any atom is 0.234 e. The van der Waals surface area contributed by atoms with Crippen molar-refractivity contribution in [3.05, 3.63) is 29.8 Å².